The summed E-state index contributed by atoms with van der Waals surface area (Å²) in [6.07, 6.45) is 12.3. The quantitative estimate of drug-likeness (QED) is 0.403. The summed E-state index contributed by atoms with van der Waals surface area (Å²) in [5, 5.41) is 0. The van der Waals surface area contributed by atoms with Crippen molar-refractivity contribution < 1.29 is 0 Å². The van der Waals surface area contributed by atoms with Crippen molar-refractivity contribution >= 4 is 15.9 Å². The van der Waals surface area contributed by atoms with E-state index in [1.54, 1.807) is 0 Å². The van der Waals surface area contributed by atoms with Gasteiger partial charge in [0.25, 0.3) is 0 Å². The maximum absolute atomic E-state index is 3.53. The number of hydrogen-bond acceptors (Lipinski definition) is 0. The van der Waals surface area contributed by atoms with Gasteiger partial charge in [-0.25, -0.2) is 0 Å². The molecule has 0 aliphatic carbocycles. The Labute approximate surface area is 128 Å². The third-order valence-electron chi connectivity index (χ3n) is 3.90. The Morgan fingerprint density at radius 2 is 1.37 bits per heavy atom. The van der Waals surface area contributed by atoms with Gasteiger partial charge >= 0.3 is 0 Å². The largest absolute Gasteiger partial charge is 0.0654 e. The monoisotopic (exact) mass is 324 g/mol. The van der Waals surface area contributed by atoms with E-state index in [-0.39, 0.29) is 0 Å². The van der Waals surface area contributed by atoms with Gasteiger partial charge in [-0.1, -0.05) is 86.9 Å². The second-order valence-corrected chi connectivity index (χ2v) is 6.51. The standard InChI is InChI=1S/C18H29Br/c1-3-5-7-8-9-11-16(10-6-4-2)17-12-14-18(19)15-13-17/h12-16H,3-11H2,1-2H3. The Balaban J connectivity index is 2.44. The van der Waals surface area contributed by atoms with Crippen molar-refractivity contribution in [2.24, 2.45) is 0 Å². The maximum Gasteiger partial charge on any atom is 0.0175 e. The minimum atomic E-state index is 0.773. The summed E-state index contributed by atoms with van der Waals surface area (Å²) in [5.41, 5.74) is 1.53. The minimum Gasteiger partial charge on any atom is -0.0654 e. The predicted octanol–water partition coefficient (Wildman–Crippen LogP) is 7.08. The van der Waals surface area contributed by atoms with E-state index in [1.165, 1.54) is 67.8 Å². The zero-order chi connectivity index (χ0) is 13.9. The van der Waals surface area contributed by atoms with Crippen LogP contribution in [0.25, 0.3) is 0 Å². The van der Waals surface area contributed by atoms with Crippen molar-refractivity contribution in [1.82, 2.24) is 0 Å². The van der Waals surface area contributed by atoms with Crippen LogP contribution in [0.3, 0.4) is 0 Å². The van der Waals surface area contributed by atoms with Crippen molar-refractivity contribution in [1.29, 1.82) is 0 Å². The highest BCUT2D eigenvalue weighted by molar-refractivity contribution is 9.10. The zero-order valence-corrected chi connectivity index (χ0v) is 14.2. The number of halogens is 1. The summed E-state index contributed by atoms with van der Waals surface area (Å²) in [7, 11) is 0. The van der Waals surface area contributed by atoms with Crippen molar-refractivity contribution in [3.63, 3.8) is 0 Å². The molecule has 0 radical (unpaired) electrons. The number of unbranched alkanes of at least 4 members (excludes halogenated alkanes) is 5. The van der Waals surface area contributed by atoms with Crippen molar-refractivity contribution in [2.75, 3.05) is 0 Å². The summed E-state index contributed by atoms with van der Waals surface area (Å²) in [6.45, 7) is 4.58. The lowest BCUT2D eigenvalue weighted by molar-refractivity contribution is 0.504. The Morgan fingerprint density at radius 3 is 2.00 bits per heavy atom. The average Bonchev–Trinajstić information content (AvgIpc) is 2.43. The molecule has 1 aromatic carbocycles. The van der Waals surface area contributed by atoms with E-state index in [0.29, 0.717) is 0 Å². The smallest absolute Gasteiger partial charge is 0.0175 e. The molecule has 0 nitrogen and oxygen atoms in total. The molecule has 0 spiro atoms. The highest BCUT2D eigenvalue weighted by Crippen LogP contribution is 2.29. The SMILES string of the molecule is CCCCCCCC(CCCC)c1ccc(Br)cc1. The van der Waals surface area contributed by atoms with Crippen LogP contribution < -0.4 is 0 Å². The summed E-state index contributed by atoms with van der Waals surface area (Å²) < 4.78 is 1.19. The summed E-state index contributed by atoms with van der Waals surface area (Å²) in [5.74, 6) is 0.773. The fourth-order valence-corrected chi connectivity index (χ4v) is 2.92. The number of hydrogen-bond donors (Lipinski definition) is 0. The van der Waals surface area contributed by atoms with Crippen LogP contribution in [0.2, 0.25) is 0 Å². The molecule has 1 atom stereocenters. The molecule has 0 aliphatic heterocycles. The lowest BCUT2D eigenvalue weighted by Crippen LogP contribution is -1.99. The lowest BCUT2D eigenvalue weighted by Gasteiger charge is -2.17. The first-order valence-electron chi connectivity index (χ1n) is 8.03. The molecule has 0 amide bonds. The van der Waals surface area contributed by atoms with E-state index in [9.17, 15) is 0 Å². The summed E-state index contributed by atoms with van der Waals surface area (Å²) in [4.78, 5) is 0. The van der Waals surface area contributed by atoms with E-state index in [1.807, 2.05) is 0 Å². The van der Waals surface area contributed by atoms with Gasteiger partial charge in [0.1, 0.15) is 0 Å². The molecule has 0 N–H and O–H groups in total. The molecule has 0 fully saturated rings. The molecule has 108 valence electrons. The number of benzene rings is 1. The minimum absolute atomic E-state index is 0.773. The molecule has 1 rings (SSSR count). The topological polar surface area (TPSA) is 0 Å². The average molecular weight is 325 g/mol. The van der Waals surface area contributed by atoms with Crippen molar-refractivity contribution in [2.45, 2.75) is 77.6 Å². The highest BCUT2D eigenvalue weighted by atomic mass is 79.9. The molecule has 0 aromatic heterocycles. The fraction of sp³-hybridized carbons (Fsp3) is 0.667. The molecule has 0 aliphatic rings. The van der Waals surface area contributed by atoms with E-state index in [0.717, 1.165) is 5.92 Å². The Bertz CT molecular complexity index is 315. The van der Waals surface area contributed by atoms with Crippen molar-refractivity contribution in [3.8, 4) is 0 Å². The first-order valence-corrected chi connectivity index (χ1v) is 8.82. The van der Waals surface area contributed by atoms with Gasteiger partial charge in [-0.15, -0.1) is 0 Å². The number of rotatable bonds is 10. The molecule has 0 saturated carbocycles. The second kappa shape index (κ2) is 10.5. The van der Waals surface area contributed by atoms with Gasteiger partial charge in [-0.3, -0.25) is 0 Å². The van der Waals surface area contributed by atoms with Crippen LogP contribution in [0.5, 0.6) is 0 Å². The van der Waals surface area contributed by atoms with E-state index in [2.05, 4.69) is 54.0 Å². The molecular formula is C18H29Br. The van der Waals surface area contributed by atoms with Crippen LogP contribution in [0, 0.1) is 0 Å². The first-order chi connectivity index (χ1) is 9.27. The second-order valence-electron chi connectivity index (χ2n) is 5.59. The van der Waals surface area contributed by atoms with E-state index in [4.69, 9.17) is 0 Å². The van der Waals surface area contributed by atoms with Crippen LogP contribution in [0.4, 0.5) is 0 Å². The Hall–Kier alpha value is -0.300. The van der Waals surface area contributed by atoms with Crippen LogP contribution in [0.15, 0.2) is 28.7 Å². The van der Waals surface area contributed by atoms with E-state index < -0.39 is 0 Å². The molecule has 0 saturated heterocycles. The normalized spacial score (nSPS) is 12.6. The van der Waals surface area contributed by atoms with Crippen LogP contribution in [-0.4, -0.2) is 0 Å². The molecule has 0 bridgehead atoms. The van der Waals surface area contributed by atoms with Gasteiger partial charge in [0.2, 0.25) is 0 Å². The van der Waals surface area contributed by atoms with Gasteiger partial charge in [0.05, 0.1) is 0 Å². The van der Waals surface area contributed by atoms with Gasteiger partial charge in [-0.2, -0.15) is 0 Å². The van der Waals surface area contributed by atoms with Crippen LogP contribution in [-0.2, 0) is 0 Å². The molecule has 1 heteroatoms. The lowest BCUT2D eigenvalue weighted by atomic mass is 9.88. The highest BCUT2D eigenvalue weighted by Gasteiger charge is 2.10. The van der Waals surface area contributed by atoms with Crippen LogP contribution >= 0.6 is 15.9 Å². The third kappa shape index (κ3) is 7.15. The molecule has 1 aromatic rings. The third-order valence-corrected chi connectivity index (χ3v) is 4.43. The first kappa shape index (κ1) is 16.8. The predicted molar refractivity (Wildman–Crippen MR) is 89.8 cm³/mol. The Kier molecular flexibility index (Phi) is 9.24. The maximum atomic E-state index is 3.53. The van der Waals surface area contributed by atoms with E-state index >= 15 is 0 Å². The van der Waals surface area contributed by atoms with Crippen molar-refractivity contribution in [3.05, 3.63) is 34.3 Å². The van der Waals surface area contributed by atoms with Gasteiger partial charge < -0.3 is 0 Å². The molecule has 1 unspecified atom stereocenters. The summed E-state index contributed by atoms with van der Waals surface area (Å²) in [6, 6.07) is 8.98. The Morgan fingerprint density at radius 1 is 0.789 bits per heavy atom. The van der Waals surface area contributed by atoms with Gasteiger partial charge in [0, 0.05) is 4.47 Å². The summed E-state index contributed by atoms with van der Waals surface area (Å²) >= 11 is 3.53. The van der Waals surface area contributed by atoms with Gasteiger partial charge in [-0.05, 0) is 36.5 Å². The molecule has 19 heavy (non-hydrogen) atoms. The zero-order valence-electron chi connectivity index (χ0n) is 12.6. The fourth-order valence-electron chi connectivity index (χ4n) is 2.66. The van der Waals surface area contributed by atoms with Crippen LogP contribution in [0.1, 0.15) is 83.1 Å². The molecule has 0 heterocycles. The molecular weight excluding hydrogens is 296 g/mol. The van der Waals surface area contributed by atoms with Gasteiger partial charge in [0.15, 0.2) is 0 Å².